The Kier molecular flexibility index (Phi) is 3.93. The van der Waals surface area contributed by atoms with Crippen LogP contribution in [0, 0.1) is 0 Å². The lowest BCUT2D eigenvalue weighted by Crippen LogP contribution is -1.97. The van der Waals surface area contributed by atoms with Crippen LogP contribution in [0.3, 0.4) is 0 Å². The molecular formula is C9H7Cl2NO. The summed E-state index contributed by atoms with van der Waals surface area (Å²) in [5.41, 5.74) is 0.521. The van der Waals surface area contributed by atoms with Crippen molar-refractivity contribution < 1.29 is 4.79 Å². The fourth-order valence-electron chi connectivity index (χ4n) is 0.779. The second-order valence-electron chi connectivity index (χ2n) is 2.28. The maximum atomic E-state index is 11.2. The Bertz CT molecular complexity index is 309. The van der Waals surface area contributed by atoms with Gasteiger partial charge in [-0.2, -0.15) is 0 Å². The molecule has 1 aromatic rings. The molecule has 0 saturated heterocycles. The topological polar surface area (TPSA) is 29.4 Å². The molecule has 1 rings (SSSR count). The van der Waals surface area contributed by atoms with E-state index in [0.29, 0.717) is 5.56 Å². The summed E-state index contributed by atoms with van der Waals surface area (Å²) >= 11 is 10.7. The van der Waals surface area contributed by atoms with Gasteiger partial charge in [-0.05, 0) is 12.1 Å². The van der Waals surface area contributed by atoms with Crippen molar-refractivity contribution in [2.24, 2.45) is 4.99 Å². The van der Waals surface area contributed by atoms with Gasteiger partial charge in [0.25, 0.3) is 5.91 Å². The fourth-order valence-corrected chi connectivity index (χ4v) is 0.892. The molecule has 0 atom stereocenters. The van der Waals surface area contributed by atoms with Crippen molar-refractivity contribution in [2.45, 2.75) is 4.84 Å². The van der Waals surface area contributed by atoms with E-state index in [1.807, 2.05) is 6.07 Å². The molecule has 0 saturated carbocycles. The maximum absolute atomic E-state index is 11.2. The highest BCUT2D eigenvalue weighted by atomic mass is 35.5. The minimum Gasteiger partial charge on any atom is -0.267 e. The van der Waals surface area contributed by atoms with Crippen LogP contribution in [-0.2, 0) is 0 Å². The lowest BCUT2D eigenvalue weighted by molar-refractivity contribution is 0.100. The molecule has 0 fully saturated rings. The first kappa shape index (κ1) is 10.2. The number of carbonyl (C=O) groups excluding carboxylic acids is 1. The SMILES string of the molecule is O=C(N=CC(Cl)Cl)c1ccccc1. The monoisotopic (exact) mass is 215 g/mol. The van der Waals surface area contributed by atoms with E-state index in [-0.39, 0.29) is 5.91 Å². The number of amides is 1. The first-order chi connectivity index (χ1) is 6.20. The summed E-state index contributed by atoms with van der Waals surface area (Å²) in [6.45, 7) is 0. The number of alkyl halides is 2. The molecule has 0 spiro atoms. The van der Waals surface area contributed by atoms with Gasteiger partial charge < -0.3 is 0 Å². The molecule has 0 aliphatic rings. The van der Waals surface area contributed by atoms with Crippen molar-refractivity contribution in [3.8, 4) is 0 Å². The first-order valence-corrected chi connectivity index (χ1v) is 4.49. The number of benzene rings is 1. The van der Waals surface area contributed by atoms with Crippen molar-refractivity contribution in [3.05, 3.63) is 35.9 Å². The number of halogens is 2. The lowest BCUT2D eigenvalue weighted by Gasteiger charge is -1.93. The average Bonchev–Trinajstić information content (AvgIpc) is 2.15. The van der Waals surface area contributed by atoms with Crippen LogP contribution in [-0.4, -0.2) is 17.0 Å². The molecule has 0 aliphatic carbocycles. The molecule has 0 radical (unpaired) electrons. The van der Waals surface area contributed by atoms with Crippen molar-refractivity contribution in [2.75, 3.05) is 0 Å². The Hall–Kier alpha value is -0.860. The summed E-state index contributed by atoms with van der Waals surface area (Å²) in [6.07, 6.45) is 1.19. The van der Waals surface area contributed by atoms with E-state index in [4.69, 9.17) is 23.2 Å². The molecule has 68 valence electrons. The van der Waals surface area contributed by atoms with Gasteiger partial charge in [-0.1, -0.05) is 41.4 Å². The molecule has 2 nitrogen and oxygen atoms in total. The van der Waals surface area contributed by atoms with Crippen molar-refractivity contribution >= 4 is 35.3 Å². The van der Waals surface area contributed by atoms with Crippen LogP contribution in [0.5, 0.6) is 0 Å². The van der Waals surface area contributed by atoms with Crippen LogP contribution in [0.1, 0.15) is 10.4 Å². The van der Waals surface area contributed by atoms with Gasteiger partial charge >= 0.3 is 0 Å². The summed E-state index contributed by atoms with van der Waals surface area (Å²) in [5, 5.41) is 0. The third kappa shape index (κ3) is 3.57. The van der Waals surface area contributed by atoms with Crippen LogP contribution >= 0.6 is 23.2 Å². The first-order valence-electron chi connectivity index (χ1n) is 3.62. The van der Waals surface area contributed by atoms with Gasteiger partial charge in [-0.25, -0.2) is 4.99 Å². The largest absolute Gasteiger partial charge is 0.276 e. The predicted molar refractivity (Wildman–Crippen MR) is 54.8 cm³/mol. The van der Waals surface area contributed by atoms with Crippen LogP contribution in [0.25, 0.3) is 0 Å². The van der Waals surface area contributed by atoms with Crippen molar-refractivity contribution in [1.29, 1.82) is 0 Å². The van der Waals surface area contributed by atoms with Crippen LogP contribution in [0.4, 0.5) is 0 Å². The highest BCUT2D eigenvalue weighted by Crippen LogP contribution is 2.02. The predicted octanol–water partition coefficient (Wildman–Crippen LogP) is 2.70. The minimum atomic E-state index is -0.743. The number of hydrogen-bond donors (Lipinski definition) is 0. The molecule has 0 unspecified atom stereocenters. The standard InChI is InChI=1S/C9H7Cl2NO/c10-8(11)6-12-9(13)7-4-2-1-3-5-7/h1-6,8H. The zero-order valence-electron chi connectivity index (χ0n) is 6.65. The molecule has 0 bridgehead atoms. The Morgan fingerprint density at radius 1 is 1.31 bits per heavy atom. The quantitative estimate of drug-likeness (QED) is 0.552. The van der Waals surface area contributed by atoms with Gasteiger partial charge in [0.05, 0.1) is 0 Å². The van der Waals surface area contributed by atoms with Gasteiger partial charge in [-0.15, -0.1) is 0 Å². The number of nitrogens with zero attached hydrogens (tertiary/aromatic N) is 1. The van der Waals surface area contributed by atoms with E-state index < -0.39 is 4.84 Å². The zero-order valence-corrected chi connectivity index (χ0v) is 8.16. The van der Waals surface area contributed by atoms with Crippen molar-refractivity contribution in [3.63, 3.8) is 0 Å². The summed E-state index contributed by atoms with van der Waals surface area (Å²) in [7, 11) is 0. The third-order valence-electron chi connectivity index (χ3n) is 1.33. The highest BCUT2D eigenvalue weighted by Gasteiger charge is 2.01. The van der Waals surface area contributed by atoms with Crippen LogP contribution in [0.15, 0.2) is 35.3 Å². The summed E-state index contributed by atoms with van der Waals surface area (Å²) < 4.78 is 0. The number of hydrogen-bond acceptors (Lipinski definition) is 1. The maximum Gasteiger partial charge on any atom is 0.276 e. The smallest absolute Gasteiger partial charge is 0.267 e. The Morgan fingerprint density at radius 3 is 2.46 bits per heavy atom. The molecule has 13 heavy (non-hydrogen) atoms. The van der Waals surface area contributed by atoms with Crippen LogP contribution in [0.2, 0.25) is 0 Å². The van der Waals surface area contributed by atoms with Gasteiger partial charge in [0.2, 0.25) is 0 Å². The Balaban J connectivity index is 2.70. The molecule has 1 amide bonds. The molecule has 4 heteroatoms. The fraction of sp³-hybridized carbons (Fsp3) is 0.111. The Morgan fingerprint density at radius 2 is 1.92 bits per heavy atom. The zero-order chi connectivity index (χ0) is 9.68. The number of rotatable bonds is 2. The second-order valence-corrected chi connectivity index (χ2v) is 3.45. The molecular weight excluding hydrogens is 209 g/mol. The Labute approximate surface area is 86.2 Å². The van der Waals surface area contributed by atoms with E-state index in [9.17, 15) is 4.79 Å². The minimum absolute atomic E-state index is 0.341. The molecule has 0 N–H and O–H groups in total. The van der Waals surface area contributed by atoms with Gasteiger partial charge in [0, 0.05) is 11.8 Å². The average molecular weight is 216 g/mol. The van der Waals surface area contributed by atoms with E-state index >= 15 is 0 Å². The van der Waals surface area contributed by atoms with Gasteiger partial charge in [-0.3, -0.25) is 4.79 Å². The van der Waals surface area contributed by atoms with Crippen molar-refractivity contribution in [1.82, 2.24) is 0 Å². The van der Waals surface area contributed by atoms with Crippen LogP contribution < -0.4 is 0 Å². The normalized spacial score (nSPS) is 11.0. The summed E-state index contributed by atoms with van der Waals surface area (Å²) in [5.74, 6) is -0.341. The summed E-state index contributed by atoms with van der Waals surface area (Å²) in [4.78, 5) is 14.1. The molecule has 1 aromatic carbocycles. The third-order valence-corrected chi connectivity index (χ3v) is 1.55. The van der Waals surface area contributed by atoms with Gasteiger partial charge in [0.15, 0.2) is 0 Å². The highest BCUT2D eigenvalue weighted by molar-refractivity contribution is 6.51. The summed E-state index contributed by atoms with van der Waals surface area (Å²) in [6, 6.07) is 8.71. The van der Waals surface area contributed by atoms with E-state index in [1.54, 1.807) is 24.3 Å². The second kappa shape index (κ2) is 5.00. The number of aliphatic imine (C=N–C) groups is 1. The van der Waals surface area contributed by atoms with E-state index in [2.05, 4.69) is 4.99 Å². The van der Waals surface area contributed by atoms with E-state index in [0.717, 1.165) is 0 Å². The molecule has 0 aliphatic heterocycles. The molecule has 0 heterocycles. The lowest BCUT2D eigenvalue weighted by atomic mass is 10.2. The van der Waals surface area contributed by atoms with Gasteiger partial charge in [0.1, 0.15) is 4.84 Å². The number of carbonyl (C=O) groups is 1. The molecule has 0 aromatic heterocycles. The van der Waals surface area contributed by atoms with E-state index in [1.165, 1.54) is 6.21 Å².